The van der Waals surface area contributed by atoms with Gasteiger partial charge < -0.3 is 0 Å². The van der Waals surface area contributed by atoms with Crippen molar-refractivity contribution < 1.29 is 0 Å². The molecular formula is C26H15N3S. The number of nitrogens with zero attached hydrogens (tertiary/aromatic N) is 3. The highest BCUT2D eigenvalue weighted by Crippen LogP contribution is 2.40. The molecule has 3 heterocycles. The molecule has 0 amide bonds. The average Bonchev–Trinajstić information content (AvgIpc) is 3.37. The molecule has 0 saturated heterocycles. The summed E-state index contributed by atoms with van der Waals surface area (Å²) in [6.07, 6.45) is 0. The third kappa shape index (κ3) is 2.09. The van der Waals surface area contributed by atoms with Crippen molar-refractivity contribution in [3.63, 3.8) is 0 Å². The smallest absolute Gasteiger partial charge is 0.149 e. The van der Waals surface area contributed by atoms with Crippen molar-refractivity contribution in [3.8, 4) is 11.4 Å². The minimum atomic E-state index is 0.939. The SMILES string of the molecule is c1ccc2c(c1)nc(-c1cccc3c1sc1ccccc13)n1c3ccccc3nc21. The molecule has 0 bridgehead atoms. The zero-order valence-corrected chi connectivity index (χ0v) is 16.7. The summed E-state index contributed by atoms with van der Waals surface area (Å²) in [6.45, 7) is 0. The van der Waals surface area contributed by atoms with Crippen LogP contribution in [0, 0.1) is 0 Å². The van der Waals surface area contributed by atoms with E-state index in [0.717, 1.165) is 39.0 Å². The highest BCUT2D eigenvalue weighted by atomic mass is 32.1. The first kappa shape index (κ1) is 16.1. The molecule has 3 aromatic heterocycles. The third-order valence-corrected chi connectivity index (χ3v) is 7.01. The van der Waals surface area contributed by atoms with Gasteiger partial charge in [0.15, 0.2) is 0 Å². The summed E-state index contributed by atoms with van der Waals surface area (Å²) in [5.74, 6) is 0.939. The second kappa shape index (κ2) is 5.88. The number of hydrogen-bond donors (Lipinski definition) is 0. The second-order valence-corrected chi connectivity index (χ2v) is 8.54. The average molecular weight is 401 g/mol. The van der Waals surface area contributed by atoms with Crippen LogP contribution in [0.15, 0.2) is 91.0 Å². The van der Waals surface area contributed by atoms with E-state index in [1.165, 1.54) is 20.2 Å². The molecule has 7 aromatic rings. The molecular weight excluding hydrogens is 386 g/mol. The van der Waals surface area contributed by atoms with Crippen LogP contribution in [0.2, 0.25) is 0 Å². The van der Waals surface area contributed by atoms with Crippen LogP contribution < -0.4 is 0 Å². The Morgan fingerprint density at radius 1 is 0.600 bits per heavy atom. The zero-order valence-electron chi connectivity index (χ0n) is 15.9. The molecule has 0 radical (unpaired) electrons. The first-order valence-corrected chi connectivity index (χ1v) is 10.8. The Labute approximate surface area is 175 Å². The Balaban J connectivity index is 1.72. The van der Waals surface area contributed by atoms with Gasteiger partial charge in [0.2, 0.25) is 0 Å². The van der Waals surface area contributed by atoms with E-state index in [9.17, 15) is 0 Å². The molecule has 0 fully saturated rings. The molecule has 4 aromatic carbocycles. The highest BCUT2D eigenvalue weighted by Gasteiger charge is 2.18. The maximum absolute atomic E-state index is 5.15. The van der Waals surface area contributed by atoms with Gasteiger partial charge in [-0.25, -0.2) is 9.97 Å². The topological polar surface area (TPSA) is 30.2 Å². The maximum atomic E-state index is 5.15. The van der Waals surface area contributed by atoms with E-state index in [4.69, 9.17) is 9.97 Å². The maximum Gasteiger partial charge on any atom is 0.149 e. The number of para-hydroxylation sites is 3. The van der Waals surface area contributed by atoms with Gasteiger partial charge in [0.1, 0.15) is 11.5 Å². The lowest BCUT2D eigenvalue weighted by Gasteiger charge is -2.10. The molecule has 30 heavy (non-hydrogen) atoms. The fourth-order valence-electron chi connectivity index (χ4n) is 4.45. The fraction of sp³-hybridized carbons (Fsp3) is 0. The summed E-state index contributed by atoms with van der Waals surface area (Å²) < 4.78 is 4.78. The number of imidazole rings is 1. The first-order valence-electron chi connectivity index (χ1n) is 9.95. The molecule has 0 saturated carbocycles. The van der Waals surface area contributed by atoms with Gasteiger partial charge >= 0.3 is 0 Å². The van der Waals surface area contributed by atoms with E-state index < -0.39 is 0 Å². The predicted molar refractivity (Wildman–Crippen MR) is 126 cm³/mol. The van der Waals surface area contributed by atoms with E-state index in [-0.39, 0.29) is 0 Å². The van der Waals surface area contributed by atoms with Crippen molar-refractivity contribution in [2.45, 2.75) is 0 Å². The van der Waals surface area contributed by atoms with Gasteiger partial charge in [-0.05, 0) is 36.4 Å². The monoisotopic (exact) mass is 401 g/mol. The van der Waals surface area contributed by atoms with Crippen LogP contribution >= 0.6 is 11.3 Å². The lowest BCUT2D eigenvalue weighted by Crippen LogP contribution is -1.98. The molecule has 7 rings (SSSR count). The van der Waals surface area contributed by atoms with Crippen molar-refractivity contribution in [2.24, 2.45) is 0 Å². The van der Waals surface area contributed by atoms with E-state index >= 15 is 0 Å². The summed E-state index contributed by atoms with van der Waals surface area (Å²) in [5.41, 5.74) is 5.13. The summed E-state index contributed by atoms with van der Waals surface area (Å²) in [7, 11) is 0. The van der Waals surface area contributed by atoms with Crippen molar-refractivity contribution >= 4 is 59.1 Å². The van der Waals surface area contributed by atoms with Crippen LogP contribution in [0.5, 0.6) is 0 Å². The Hall–Kier alpha value is -3.76. The molecule has 0 unspecified atom stereocenters. The minimum Gasteiger partial charge on any atom is -0.276 e. The third-order valence-electron chi connectivity index (χ3n) is 5.79. The highest BCUT2D eigenvalue weighted by molar-refractivity contribution is 7.26. The van der Waals surface area contributed by atoms with Crippen LogP contribution in [0.4, 0.5) is 0 Å². The molecule has 140 valence electrons. The van der Waals surface area contributed by atoms with E-state index in [0.29, 0.717) is 0 Å². The van der Waals surface area contributed by atoms with Gasteiger partial charge in [-0.3, -0.25) is 4.40 Å². The van der Waals surface area contributed by atoms with Gasteiger partial charge in [-0.2, -0.15) is 0 Å². The van der Waals surface area contributed by atoms with Gasteiger partial charge in [-0.1, -0.05) is 54.6 Å². The summed E-state index contributed by atoms with van der Waals surface area (Å²) in [5, 5.41) is 3.65. The van der Waals surface area contributed by atoms with Crippen LogP contribution in [0.1, 0.15) is 0 Å². The Morgan fingerprint density at radius 2 is 1.33 bits per heavy atom. The van der Waals surface area contributed by atoms with Crippen LogP contribution in [-0.4, -0.2) is 14.4 Å². The van der Waals surface area contributed by atoms with E-state index in [2.05, 4.69) is 83.3 Å². The van der Waals surface area contributed by atoms with Crippen molar-refractivity contribution in [2.75, 3.05) is 0 Å². The fourth-order valence-corrected chi connectivity index (χ4v) is 5.66. The largest absolute Gasteiger partial charge is 0.276 e. The van der Waals surface area contributed by atoms with E-state index in [1.54, 1.807) is 0 Å². The normalized spacial score (nSPS) is 12.0. The number of thiophene rings is 1. The van der Waals surface area contributed by atoms with Crippen molar-refractivity contribution in [1.82, 2.24) is 14.4 Å². The van der Waals surface area contributed by atoms with E-state index in [1.807, 2.05) is 23.5 Å². The quantitative estimate of drug-likeness (QED) is 0.294. The molecule has 0 aliphatic heterocycles. The molecule has 0 aliphatic carbocycles. The summed E-state index contributed by atoms with van der Waals surface area (Å²) in [6, 6.07) is 31.7. The number of aromatic nitrogens is 3. The second-order valence-electron chi connectivity index (χ2n) is 7.49. The van der Waals surface area contributed by atoms with Crippen LogP contribution in [-0.2, 0) is 0 Å². The van der Waals surface area contributed by atoms with Crippen molar-refractivity contribution in [3.05, 3.63) is 91.0 Å². The standard InChI is InChI=1S/C26H15N3S/c1-3-12-20-18(9-1)25-28-21-13-4-5-14-22(21)29(25)26(27-20)19-11-7-10-17-16-8-2-6-15-23(16)30-24(17)19/h1-15H. The first-order chi connectivity index (χ1) is 14.9. The molecule has 0 N–H and O–H groups in total. The van der Waals surface area contributed by atoms with Gasteiger partial charge in [-0.15, -0.1) is 11.3 Å². The van der Waals surface area contributed by atoms with Crippen molar-refractivity contribution in [1.29, 1.82) is 0 Å². The van der Waals surface area contributed by atoms with Crippen LogP contribution in [0.3, 0.4) is 0 Å². The van der Waals surface area contributed by atoms with Gasteiger partial charge in [0.05, 0.1) is 16.6 Å². The molecule has 3 nitrogen and oxygen atoms in total. The number of rotatable bonds is 1. The molecule has 0 spiro atoms. The molecule has 0 aliphatic rings. The zero-order chi connectivity index (χ0) is 19.7. The lowest BCUT2D eigenvalue weighted by atomic mass is 10.1. The summed E-state index contributed by atoms with van der Waals surface area (Å²) in [4.78, 5) is 10.1. The Morgan fingerprint density at radius 3 is 2.27 bits per heavy atom. The van der Waals surface area contributed by atoms with Gasteiger partial charge in [0.25, 0.3) is 0 Å². The number of fused-ring (bicyclic) bond motifs is 8. The number of hydrogen-bond acceptors (Lipinski definition) is 3. The summed E-state index contributed by atoms with van der Waals surface area (Å²) >= 11 is 1.83. The Kier molecular flexibility index (Phi) is 3.15. The molecule has 4 heteroatoms. The Bertz CT molecular complexity index is 1760. The lowest BCUT2D eigenvalue weighted by molar-refractivity contribution is 1.17. The predicted octanol–water partition coefficient (Wildman–Crippen LogP) is 7.07. The minimum absolute atomic E-state index is 0.939. The molecule has 0 atom stereocenters. The van der Waals surface area contributed by atoms with Crippen LogP contribution in [0.25, 0.3) is 59.1 Å². The van der Waals surface area contributed by atoms with Gasteiger partial charge in [0, 0.05) is 31.1 Å². The number of benzene rings is 4.